The van der Waals surface area contributed by atoms with Crippen molar-refractivity contribution in [3.8, 4) is 5.75 Å². The smallest absolute Gasteiger partial charge is 0.243 e. The second-order valence-electron chi connectivity index (χ2n) is 5.57. The fraction of sp³-hybridized carbons (Fsp3) is 0.294. The van der Waals surface area contributed by atoms with Gasteiger partial charge in [0.25, 0.3) is 0 Å². The van der Waals surface area contributed by atoms with Gasteiger partial charge in [0.15, 0.2) is 11.6 Å². The van der Waals surface area contributed by atoms with Crippen molar-refractivity contribution in [3.63, 3.8) is 0 Å². The largest absolute Gasteiger partial charge is 0.492 e. The molecular weight excluding hydrogens is 336 g/mol. The molecular formula is C17H19F2NO3S. The van der Waals surface area contributed by atoms with Gasteiger partial charge in [-0.15, -0.1) is 0 Å². The van der Waals surface area contributed by atoms with Gasteiger partial charge < -0.3 is 4.74 Å². The lowest BCUT2D eigenvalue weighted by molar-refractivity contribution is 0.286. The molecule has 0 atom stereocenters. The Morgan fingerprint density at radius 3 is 2.21 bits per heavy atom. The minimum absolute atomic E-state index is 0.0777. The third kappa shape index (κ3) is 4.30. The van der Waals surface area contributed by atoms with Crippen LogP contribution in [-0.4, -0.2) is 32.9 Å². The first kappa shape index (κ1) is 18.4. The monoisotopic (exact) mass is 355 g/mol. The normalized spacial score (nSPS) is 11.8. The van der Waals surface area contributed by atoms with Crippen molar-refractivity contribution < 1.29 is 21.9 Å². The molecule has 0 spiro atoms. The van der Waals surface area contributed by atoms with Gasteiger partial charge in [-0.2, -0.15) is 4.31 Å². The van der Waals surface area contributed by atoms with Crippen molar-refractivity contribution in [1.29, 1.82) is 0 Å². The van der Waals surface area contributed by atoms with Gasteiger partial charge in [-0.25, -0.2) is 17.2 Å². The van der Waals surface area contributed by atoms with Crippen LogP contribution in [-0.2, 0) is 10.0 Å². The Balaban J connectivity index is 2.02. The molecule has 0 aliphatic carbocycles. The number of rotatable bonds is 6. The predicted octanol–water partition coefficient (Wildman–Crippen LogP) is 3.28. The van der Waals surface area contributed by atoms with Crippen molar-refractivity contribution in [2.24, 2.45) is 0 Å². The van der Waals surface area contributed by atoms with E-state index in [1.165, 1.54) is 7.05 Å². The van der Waals surface area contributed by atoms with E-state index in [0.29, 0.717) is 11.8 Å². The lowest BCUT2D eigenvalue weighted by atomic mass is 10.1. The highest BCUT2D eigenvalue weighted by atomic mass is 32.2. The van der Waals surface area contributed by atoms with E-state index < -0.39 is 21.7 Å². The van der Waals surface area contributed by atoms with Gasteiger partial charge >= 0.3 is 0 Å². The number of nitrogens with zero attached hydrogens (tertiary/aromatic N) is 1. The van der Waals surface area contributed by atoms with Crippen molar-refractivity contribution in [2.45, 2.75) is 18.7 Å². The summed E-state index contributed by atoms with van der Waals surface area (Å²) in [6.07, 6.45) is 0. The maximum Gasteiger partial charge on any atom is 0.243 e. The van der Waals surface area contributed by atoms with Crippen LogP contribution in [0, 0.1) is 25.5 Å². The number of sulfonamides is 1. The Hall–Kier alpha value is -1.99. The Kier molecular flexibility index (Phi) is 5.56. The Morgan fingerprint density at radius 1 is 1.00 bits per heavy atom. The van der Waals surface area contributed by atoms with Crippen LogP contribution in [0.3, 0.4) is 0 Å². The van der Waals surface area contributed by atoms with Crippen molar-refractivity contribution in [3.05, 3.63) is 59.2 Å². The van der Waals surface area contributed by atoms with Crippen LogP contribution in [0.4, 0.5) is 8.78 Å². The van der Waals surface area contributed by atoms with Gasteiger partial charge in [-0.3, -0.25) is 0 Å². The highest BCUT2D eigenvalue weighted by Crippen LogP contribution is 2.18. The molecule has 0 unspecified atom stereocenters. The maximum atomic E-state index is 13.2. The molecule has 0 radical (unpaired) electrons. The zero-order valence-corrected chi connectivity index (χ0v) is 14.5. The van der Waals surface area contributed by atoms with Crippen LogP contribution in [0.2, 0.25) is 0 Å². The molecule has 0 aliphatic heterocycles. The van der Waals surface area contributed by atoms with Crippen LogP contribution in [0.5, 0.6) is 5.75 Å². The molecule has 0 aromatic heterocycles. The SMILES string of the molecule is Cc1cc(C)cc(OCCN(C)S(=O)(=O)c2ccc(F)c(F)c2)c1. The quantitative estimate of drug-likeness (QED) is 0.799. The summed E-state index contributed by atoms with van der Waals surface area (Å²) >= 11 is 0. The van der Waals surface area contributed by atoms with Gasteiger partial charge in [0, 0.05) is 13.6 Å². The summed E-state index contributed by atoms with van der Waals surface area (Å²) in [5, 5.41) is 0. The Morgan fingerprint density at radius 2 is 1.62 bits per heavy atom. The van der Waals surface area contributed by atoms with Crippen molar-refractivity contribution in [2.75, 3.05) is 20.2 Å². The summed E-state index contributed by atoms with van der Waals surface area (Å²) in [6.45, 7) is 4.11. The molecule has 0 aliphatic rings. The predicted molar refractivity (Wildman–Crippen MR) is 87.6 cm³/mol. The zero-order chi connectivity index (χ0) is 17.9. The number of benzene rings is 2. The third-order valence-corrected chi connectivity index (χ3v) is 5.32. The number of hydrogen-bond donors (Lipinski definition) is 0. The fourth-order valence-corrected chi connectivity index (χ4v) is 3.41. The third-order valence-electron chi connectivity index (χ3n) is 3.47. The summed E-state index contributed by atoms with van der Waals surface area (Å²) < 4.78 is 57.5. The molecule has 0 saturated carbocycles. The highest BCUT2D eigenvalue weighted by molar-refractivity contribution is 7.89. The molecule has 0 amide bonds. The summed E-state index contributed by atoms with van der Waals surface area (Å²) in [5.41, 5.74) is 2.10. The molecule has 2 aromatic carbocycles. The first-order valence-electron chi connectivity index (χ1n) is 7.32. The lowest BCUT2D eigenvalue weighted by Crippen LogP contribution is -2.31. The average Bonchev–Trinajstić information content (AvgIpc) is 2.48. The molecule has 0 N–H and O–H groups in total. The first-order chi connectivity index (χ1) is 11.2. The van der Waals surface area contributed by atoms with E-state index in [0.717, 1.165) is 27.6 Å². The standard InChI is InChI=1S/C17H19F2NO3S/c1-12-8-13(2)10-14(9-12)23-7-6-20(3)24(21,22)15-4-5-16(18)17(19)11-15/h4-5,8-11H,6-7H2,1-3H3. The van der Waals surface area contributed by atoms with E-state index in [1.54, 1.807) is 0 Å². The molecule has 130 valence electrons. The average molecular weight is 355 g/mol. The zero-order valence-electron chi connectivity index (χ0n) is 13.7. The number of hydrogen-bond acceptors (Lipinski definition) is 3. The number of halogens is 2. The summed E-state index contributed by atoms with van der Waals surface area (Å²) in [7, 11) is -2.54. The van der Waals surface area contributed by atoms with Crippen LogP contribution in [0.1, 0.15) is 11.1 Å². The van der Waals surface area contributed by atoms with Gasteiger partial charge in [-0.1, -0.05) is 6.07 Å². The van der Waals surface area contributed by atoms with E-state index in [1.807, 2.05) is 32.0 Å². The number of ether oxygens (including phenoxy) is 1. The molecule has 24 heavy (non-hydrogen) atoms. The molecule has 4 nitrogen and oxygen atoms in total. The molecule has 2 aromatic rings. The van der Waals surface area contributed by atoms with Crippen LogP contribution < -0.4 is 4.74 Å². The van der Waals surface area contributed by atoms with Crippen molar-refractivity contribution in [1.82, 2.24) is 4.31 Å². The van der Waals surface area contributed by atoms with Crippen LogP contribution >= 0.6 is 0 Å². The van der Waals surface area contributed by atoms with Gasteiger partial charge in [0.2, 0.25) is 10.0 Å². The molecule has 2 rings (SSSR count). The van der Waals surface area contributed by atoms with E-state index in [-0.39, 0.29) is 18.0 Å². The highest BCUT2D eigenvalue weighted by Gasteiger charge is 2.22. The molecule has 0 heterocycles. The minimum Gasteiger partial charge on any atom is -0.492 e. The summed E-state index contributed by atoms with van der Waals surface area (Å²) in [4.78, 5) is -0.296. The molecule has 7 heteroatoms. The second-order valence-corrected chi connectivity index (χ2v) is 7.62. The van der Waals surface area contributed by atoms with Gasteiger partial charge in [-0.05, 0) is 55.3 Å². The second kappa shape index (κ2) is 7.27. The summed E-state index contributed by atoms with van der Waals surface area (Å²) in [6, 6.07) is 8.23. The maximum absolute atomic E-state index is 13.2. The Bertz CT molecular complexity index is 817. The van der Waals surface area contributed by atoms with E-state index in [4.69, 9.17) is 4.74 Å². The Labute approximate surface area is 140 Å². The molecule has 0 bridgehead atoms. The lowest BCUT2D eigenvalue weighted by Gasteiger charge is -2.18. The topological polar surface area (TPSA) is 46.6 Å². The van der Waals surface area contributed by atoms with Crippen molar-refractivity contribution >= 4 is 10.0 Å². The number of likely N-dealkylation sites (N-methyl/N-ethyl adjacent to an activating group) is 1. The van der Waals surface area contributed by atoms with Crippen LogP contribution in [0.15, 0.2) is 41.3 Å². The van der Waals surface area contributed by atoms with Gasteiger partial charge in [0.1, 0.15) is 12.4 Å². The van der Waals surface area contributed by atoms with E-state index in [9.17, 15) is 17.2 Å². The minimum atomic E-state index is -3.90. The molecule has 0 fully saturated rings. The van der Waals surface area contributed by atoms with Crippen LogP contribution in [0.25, 0.3) is 0 Å². The fourth-order valence-electron chi connectivity index (χ4n) is 2.25. The van der Waals surface area contributed by atoms with E-state index >= 15 is 0 Å². The molecule has 0 saturated heterocycles. The van der Waals surface area contributed by atoms with E-state index in [2.05, 4.69) is 0 Å². The first-order valence-corrected chi connectivity index (χ1v) is 8.76. The van der Waals surface area contributed by atoms with Gasteiger partial charge in [0.05, 0.1) is 4.90 Å². The number of aryl methyl sites for hydroxylation is 2. The summed E-state index contributed by atoms with van der Waals surface area (Å²) in [5.74, 6) is -1.63.